The van der Waals surface area contributed by atoms with Gasteiger partial charge in [0.05, 0.1) is 5.56 Å². The third-order valence-electron chi connectivity index (χ3n) is 3.78. The molecule has 1 unspecified atom stereocenters. The second kappa shape index (κ2) is 5.30. The van der Waals surface area contributed by atoms with Gasteiger partial charge in [-0.05, 0) is 37.1 Å². The second-order valence-electron chi connectivity index (χ2n) is 5.49. The molecule has 108 valence electrons. The Morgan fingerprint density at radius 2 is 2.05 bits per heavy atom. The van der Waals surface area contributed by atoms with E-state index in [9.17, 15) is 9.18 Å². The minimum Gasteiger partial charge on any atom is -0.326 e. The van der Waals surface area contributed by atoms with Gasteiger partial charge in [0.25, 0.3) is 5.91 Å². The summed E-state index contributed by atoms with van der Waals surface area (Å²) in [6.45, 7) is 2.25. The molecule has 4 heteroatoms. The van der Waals surface area contributed by atoms with Crippen LogP contribution in [-0.4, -0.2) is 18.5 Å². The van der Waals surface area contributed by atoms with Gasteiger partial charge in [0, 0.05) is 18.3 Å². The molecule has 1 amide bonds. The van der Waals surface area contributed by atoms with Gasteiger partial charge in [-0.15, -0.1) is 0 Å². The van der Waals surface area contributed by atoms with Gasteiger partial charge in [-0.25, -0.2) is 4.39 Å². The van der Waals surface area contributed by atoms with Gasteiger partial charge in [-0.2, -0.15) is 0 Å². The monoisotopic (exact) mass is 284 g/mol. The van der Waals surface area contributed by atoms with Gasteiger partial charge in [-0.1, -0.05) is 29.8 Å². The average Bonchev–Trinajstić information content (AvgIpc) is 2.48. The second-order valence-corrected chi connectivity index (χ2v) is 5.49. The van der Waals surface area contributed by atoms with Crippen molar-refractivity contribution < 1.29 is 9.18 Å². The highest BCUT2D eigenvalue weighted by atomic mass is 19.1. The fourth-order valence-electron chi connectivity index (χ4n) is 2.77. The number of aryl methyl sites for hydroxylation is 1. The summed E-state index contributed by atoms with van der Waals surface area (Å²) in [5.41, 5.74) is 8.84. The smallest absolute Gasteiger partial charge is 0.261 e. The van der Waals surface area contributed by atoms with Gasteiger partial charge >= 0.3 is 0 Å². The lowest BCUT2D eigenvalue weighted by atomic mass is 9.97. The predicted molar refractivity (Wildman–Crippen MR) is 80.9 cm³/mol. The molecular formula is C17H17FN2O. The van der Waals surface area contributed by atoms with Crippen molar-refractivity contribution in [3.05, 3.63) is 65.0 Å². The highest BCUT2D eigenvalue weighted by Crippen LogP contribution is 2.28. The number of rotatable bonds is 1. The number of amides is 1. The molecule has 0 saturated heterocycles. The zero-order valence-electron chi connectivity index (χ0n) is 11.8. The summed E-state index contributed by atoms with van der Waals surface area (Å²) in [5.74, 6) is -0.832. The van der Waals surface area contributed by atoms with Crippen LogP contribution in [0, 0.1) is 12.7 Å². The van der Waals surface area contributed by atoms with E-state index in [-0.39, 0.29) is 17.5 Å². The summed E-state index contributed by atoms with van der Waals surface area (Å²) in [5, 5.41) is 0. The van der Waals surface area contributed by atoms with E-state index in [1.54, 1.807) is 17.0 Å². The quantitative estimate of drug-likeness (QED) is 0.875. The Hall–Kier alpha value is -2.20. The number of anilines is 1. The normalized spacial score (nSPS) is 17.5. The van der Waals surface area contributed by atoms with E-state index >= 15 is 0 Å². The number of nitrogens with two attached hydrogens (primary N) is 1. The maximum absolute atomic E-state index is 14.0. The van der Waals surface area contributed by atoms with Crippen molar-refractivity contribution in [1.29, 1.82) is 0 Å². The van der Waals surface area contributed by atoms with Crippen LogP contribution in [0.15, 0.2) is 42.5 Å². The van der Waals surface area contributed by atoms with E-state index < -0.39 is 5.82 Å². The topological polar surface area (TPSA) is 46.3 Å². The fraction of sp³-hybridized carbons (Fsp3) is 0.235. The number of carbonyl (C=O) groups excluding carboxylic acids is 1. The van der Waals surface area contributed by atoms with Crippen molar-refractivity contribution in [2.45, 2.75) is 19.4 Å². The maximum Gasteiger partial charge on any atom is 0.261 e. The first-order valence-electron chi connectivity index (χ1n) is 6.98. The van der Waals surface area contributed by atoms with Crippen molar-refractivity contribution in [3.8, 4) is 0 Å². The number of halogens is 1. The summed E-state index contributed by atoms with van der Waals surface area (Å²) in [6.07, 6.45) is 0.732. The summed E-state index contributed by atoms with van der Waals surface area (Å²) < 4.78 is 14.0. The average molecular weight is 284 g/mol. The van der Waals surface area contributed by atoms with Crippen LogP contribution in [0.25, 0.3) is 0 Å². The zero-order valence-corrected chi connectivity index (χ0v) is 11.8. The lowest BCUT2D eigenvalue weighted by Crippen LogP contribution is -2.46. The first kappa shape index (κ1) is 13.8. The van der Waals surface area contributed by atoms with Crippen molar-refractivity contribution in [3.63, 3.8) is 0 Å². The molecule has 1 aliphatic rings. The molecule has 0 radical (unpaired) electrons. The van der Waals surface area contributed by atoms with E-state index in [0.717, 1.165) is 23.2 Å². The molecule has 2 aromatic carbocycles. The standard InChI is InChI=1S/C17H17FN2O/c1-11-6-7-15(18)14(8-11)17(21)20-10-13(19)9-12-4-2-3-5-16(12)20/h2-8,13H,9-10,19H2,1H3. The Morgan fingerprint density at radius 1 is 1.29 bits per heavy atom. The van der Waals surface area contributed by atoms with Crippen LogP contribution < -0.4 is 10.6 Å². The molecule has 1 atom stereocenters. The molecule has 3 nitrogen and oxygen atoms in total. The van der Waals surface area contributed by atoms with Crippen LogP contribution >= 0.6 is 0 Å². The first-order chi connectivity index (χ1) is 10.1. The van der Waals surface area contributed by atoms with E-state index in [2.05, 4.69) is 0 Å². The Kier molecular flexibility index (Phi) is 3.47. The molecule has 1 heterocycles. The molecule has 3 rings (SSSR count). The molecule has 0 saturated carbocycles. The number of para-hydroxylation sites is 1. The van der Waals surface area contributed by atoms with Crippen LogP contribution in [0.3, 0.4) is 0 Å². The summed E-state index contributed by atoms with van der Waals surface area (Å²) in [4.78, 5) is 14.3. The van der Waals surface area contributed by atoms with Crippen molar-refractivity contribution >= 4 is 11.6 Å². The summed E-state index contributed by atoms with van der Waals surface area (Å²) in [6, 6.07) is 12.1. The number of carbonyl (C=O) groups is 1. The minimum atomic E-state index is -0.498. The van der Waals surface area contributed by atoms with Gasteiger partial charge in [0.2, 0.25) is 0 Å². The molecule has 0 bridgehead atoms. The SMILES string of the molecule is Cc1ccc(F)c(C(=O)N2CC(N)Cc3ccccc32)c1. The summed E-state index contributed by atoms with van der Waals surface area (Å²) >= 11 is 0. The number of hydrogen-bond donors (Lipinski definition) is 1. The molecule has 1 aliphatic heterocycles. The molecule has 2 aromatic rings. The molecule has 0 fully saturated rings. The lowest BCUT2D eigenvalue weighted by Gasteiger charge is -2.33. The highest BCUT2D eigenvalue weighted by Gasteiger charge is 2.28. The number of nitrogens with zero attached hydrogens (tertiary/aromatic N) is 1. The first-order valence-corrected chi connectivity index (χ1v) is 6.98. The van der Waals surface area contributed by atoms with Crippen molar-refractivity contribution in [2.24, 2.45) is 5.73 Å². The maximum atomic E-state index is 14.0. The van der Waals surface area contributed by atoms with Crippen LogP contribution in [0.5, 0.6) is 0 Å². The Bertz CT molecular complexity index is 699. The van der Waals surface area contributed by atoms with Gasteiger partial charge < -0.3 is 10.6 Å². The van der Waals surface area contributed by atoms with E-state index in [1.807, 2.05) is 31.2 Å². The van der Waals surface area contributed by atoms with Crippen LogP contribution in [0.4, 0.5) is 10.1 Å². The van der Waals surface area contributed by atoms with Gasteiger partial charge in [-0.3, -0.25) is 4.79 Å². The minimum absolute atomic E-state index is 0.0962. The van der Waals surface area contributed by atoms with Gasteiger partial charge in [0.1, 0.15) is 5.82 Å². The third kappa shape index (κ3) is 2.54. The van der Waals surface area contributed by atoms with E-state index in [4.69, 9.17) is 5.73 Å². The number of hydrogen-bond acceptors (Lipinski definition) is 2. The Labute approximate surface area is 123 Å². The molecular weight excluding hydrogens is 267 g/mol. The zero-order chi connectivity index (χ0) is 15.0. The molecule has 0 spiro atoms. The van der Waals surface area contributed by atoms with Crippen molar-refractivity contribution in [2.75, 3.05) is 11.4 Å². The predicted octanol–water partition coefficient (Wildman–Crippen LogP) is 2.66. The third-order valence-corrected chi connectivity index (χ3v) is 3.78. The molecule has 21 heavy (non-hydrogen) atoms. The number of fused-ring (bicyclic) bond motifs is 1. The molecule has 2 N–H and O–H groups in total. The largest absolute Gasteiger partial charge is 0.326 e. The highest BCUT2D eigenvalue weighted by molar-refractivity contribution is 6.07. The number of benzene rings is 2. The Morgan fingerprint density at radius 3 is 2.86 bits per heavy atom. The lowest BCUT2D eigenvalue weighted by molar-refractivity contribution is 0.0979. The van der Waals surface area contributed by atoms with Crippen LogP contribution in [-0.2, 0) is 6.42 Å². The fourth-order valence-corrected chi connectivity index (χ4v) is 2.77. The van der Waals surface area contributed by atoms with E-state index in [1.165, 1.54) is 6.07 Å². The van der Waals surface area contributed by atoms with Crippen LogP contribution in [0.2, 0.25) is 0 Å². The van der Waals surface area contributed by atoms with E-state index in [0.29, 0.717) is 6.54 Å². The molecule has 0 aliphatic carbocycles. The van der Waals surface area contributed by atoms with Crippen molar-refractivity contribution in [1.82, 2.24) is 0 Å². The van der Waals surface area contributed by atoms with Crippen LogP contribution in [0.1, 0.15) is 21.5 Å². The Balaban J connectivity index is 2.04. The summed E-state index contributed by atoms with van der Waals surface area (Å²) in [7, 11) is 0. The molecule has 0 aromatic heterocycles. The van der Waals surface area contributed by atoms with Gasteiger partial charge in [0.15, 0.2) is 0 Å².